The molecule has 0 aliphatic carbocycles. The van der Waals surface area contributed by atoms with E-state index in [1.807, 2.05) is 6.92 Å². The van der Waals surface area contributed by atoms with Crippen molar-refractivity contribution in [1.29, 1.82) is 0 Å². The van der Waals surface area contributed by atoms with Crippen molar-refractivity contribution in [2.24, 2.45) is 0 Å². The van der Waals surface area contributed by atoms with Gasteiger partial charge in [0, 0.05) is 11.0 Å². The molecule has 0 aliphatic heterocycles. The van der Waals surface area contributed by atoms with Crippen molar-refractivity contribution in [3.8, 4) is 12.3 Å². The molecule has 0 saturated carbocycles. The summed E-state index contributed by atoms with van der Waals surface area (Å²) in [6.07, 6.45) is 1.17. The summed E-state index contributed by atoms with van der Waals surface area (Å²) in [5, 5.41) is 0. The molecule has 2 nitrogen and oxygen atoms in total. The Morgan fingerprint density at radius 3 is 2.60 bits per heavy atom. The third kappa shape index (κ3) is 4.01. The van der Waals surface area contributed by atoms with E-state index in [2.05, 4.69) is 21.9 Å². The van der Waals surface area contributed by atoms with Crippen LogP contribution in [-0.4, -0.2) is 23.9 Å². The number of carbonyl (C=O) groups excluding carboxylic acids is 1. The molecule has 6 heteroatoms. The van der Waals surface area contributed by atoms with E-state index in [4.69, 9.17) is 6.42 Å². The maximum Gasteiger partial charge on any atom is 0.417 e. The molecular formula is C14H13BrF3NO. The summed E-state index contributed by atoms with van der Waals surface area (Å²) in [5.41, 5.74) is -1.35. The first-order valence-electron chi connectivity index (χ1n) is 5.90. The molecule has 1 amide bonds. The summed E-state index contributed by atoms with van der Waals surface area (Å²) in [4.78, 5) is 13.5. The highest BCUT2D eigenvalue weighted by Gasteiger charge is 2.36. The minimum Gasteiger partial charge on any atom is -0.328 e. The predicted octanol–water partition coefficient (Wildman–Crippen LogP) is 3.95. The van der Waals surface area contributed by atoms with Crippen molar-refractivity contribution in [1.82, 2.24) is 4.90 Å². The van der Waals surface area contributed by atoms with E-state index in [0.29, 0.717) is 13.0 Å². The highest BCUT2D eigenvalue weighted by atomic mass is 79.9. The van der Waals surface area contributed by atoms with Gasteiger partial charge in [0.1, 0.15) is 0 Å². The topological polar surface area (TPSA) is 20.3 Å². The zero-order valence-electron chi connectivity index (χ0n) is 10.8. The van der Waals surface area contributed by atoms with Gasteiger partial charge in [0.25, 0.3) is 5.91 Å². The normalized spacial score (nSPS) is 11.0. The summed E-state index contributed by atoms with van der Waals surface area (Å²) >= 11 is 2.98. The van der Waals surface area contributed by atoms with Crippen LogP contribution in [0.15, 0.2) is 22.7 Å². The molecule has 0 N–H and O–H groups in total. The molecular weight excluding hydrogens is 335 g/mol. The molecule has 0 saturated heterocycles. The number of amides is 1. The molecule has 0 radical (unpaired) electrons. The van der Waals surface area contributed by atoms with Crippen LogP contribution in [0.3, 0.4) is 0 Å². The van der Waals surface area contributed by atoms with Crippen molar-refractivity contribution in [3.05, 3.63) is 33.8 Å². The highest BCUT2D eigenvalue weighted by molar-refractivity contribution is 9.10. The molecule has 0 aromatic heterocycles. The van der Waals surface area contributed by atoms with Gasteiger partial charge in [-0.1, -0.05) is 28.8 Å². The molecule has 1 aromatic carbocycles. The van der Waals surface area contributed by atoms with Gasteiger partial charge in [-0.05, 0) is 24.6 Å². The minimum atomic E-state index is -4.59. The number of hydrogen-bond acceptors (Lipinski definition) is 1. The Bertz CT molecular complexity index is 534. The van der Waals surface area contributed by atoms with Gasteiger partial charge in [-0.2, -0.15) is 13.2 Å². The molecule has 0 bridgehead atoms. The molecule has 108 valence electrons. The summed E-state index contributed by atoms with van der Waals surface area (Å²) in [5.74, 6) is 1.58. The van der Waals surface area contributed by atoms with Crippen LogP contribution in [0.5, 0.6) is 0 Å². The number of carbonyl (C=O) groups is 1. The number of terminal acetylenes is 1. The smallest absolute Gasteiger partial charge is 0.328 e. The molecule has 0 atom stereocenters. The monoisotopic (exact) mass is 347 g/mol. The molecule has 0 spiro atoms. The van der Waals surface area contributed by atoms with Gasteiger partial charge in [0.05, 0.1) is 17.7 Å². The van der Waals surface area contributed by atoms with E-state index in [1.54, 1.807) is 0 Å². The fourth-order valence-corrected chi connectivity index (χ4v) is 2.10. The van der Waals surface area contributed by atoms with E-state index in [-0.39, 0.29) is 16.6 Å². The summed E-state index contributed by atoms with van der Waals surface area (Å²) in [6, 6.07) is 3.46. The second-order valence-corrected chi connectivity index (χ2v) is 5.03. The summed E-state index contributed by atoms with van der Waals surface area (Å²) in [7, 11) is 0. The number of hydrogen-bond donors (Lipinski definition) is 0. The van der Waals surface area contributed by atoms with Gasteiger partial charge in [-0.3, -0.25) is 4.79 Å². The van der Waals surface area contributed by atoms with Gasteiger partial charge in [0.2, 0.25) is 0 Å². The number of alkyl halides is 3. The molecule has 1 aromatic rings. The lowest BCUT2D eigenvalue weighted by atomic mass is 10.1. The van der Waals surface area contributed by atoms with Crippen LogP contribution in [-0.2, 0) is 6.18 Å². The minimum absolute atomic E-state index is 0.0139. The van der Waals surface area contributed by atoms with Gasteiger partial charge >= 0.3 is 6.18 Å². The molecule has 0 fully saturated rings. The average Bonchev–Trinajstić information content (AvgIpc) is 2.36. The van der Waals surface area contributed by atoms with Crippen LogP contribution in [0.2, 0.25) is 0 Å². The average molecular weight is 348 g/mol. The van der Waals surface area contributed by atoms with Crippen molar-refractivity contribution in [2.45, 2.75) is 19.5 Å². The lowest BCUT2D eigenvalue weighted by molar-refractivity contribution is -0.138. The largest absolute Gasteiger partial charge is 0.417 e. The molecule has 0 heterocycles. The number of benzene rings is 1. The first-order valence-corrected chi connectivity index (χ1v) is 6.70. The predicted molar refractivity (Wildman–Crippen MR) is 74.2 cm³/mol. The van der Waals surface area contributed by atoms with Gasteiger partial charge in [-0.25, -0.2) is 0 Å². The zero-order valence-corrected chi connectivity index (χ0v) is 12.4. The Balaban J connectivity index is 3.24. The lowest BCUT2D eigenvalue weighted by Gasteiger charge is -2.22. The Hall–Kier alpha value is -1.48. The maximum absolute atomic E-state index is 13.0. The number of rotatable bonds is 4. The first-order chi connectivity index (χ1) is 9.31. The lowest BCUT2D eigenvalue weighted by Crippen LogP contribution is -2.33. The van der Waals surface area contributed by atoms with Crippen molar-refractivity contribution >= 4 is 21.8 Å². The van der Waals surface area contributed by atoms with Crippen LogP contribution in [0.4, 0.5) is 13.2 Å². The molecule has 20 heavy (non-hydrogen) atoms. The Kier molecular flexibility index (Phi) is 5.63. The number of nitrogens with zero attached hydrogens (tertiary/aromatic N) is 1. The van der Waals surface area contributed by atoms with Crippen molar-refractivity contribution in [2.75, 3.05) is 13.1 Å². The van der Waals surface area contributed by atoms with Crippen LogP contribution in [0, 0.1) is 12.3 Å². The molecule has 0 unspecified atom stereocenters. The van der Waals surface area contributed by atoms with Crippen molar-refractivity contribution < 1.29 is 18.0 Å². The van der Waals surface area contributed by atoms with Gasteiger partial charge in [0.15, 0.2) is 0 Å². The SMILES string of the molecule is C#CCN(CCC)C(=O)c1ccc(Br)cc1C(F)(F)F. The fourth-order valence-electron chi connectivity index (χ4n) is 1.74. The molecule has 1 rings (SSSR count). The maximum atomic E-state index is 13.0. The Labute approximate surface area is 124 Å². The third-order valence-corrected chi connectivity index (χ3v) is 3.07. The second-order valence-electron chi connectivity index (χ2n) is 4.12. The Morgan fingerprint density at radius 1 is 1.45 bits per heavy atom. The zero-order chi connectivity index (χ0) is 15.3. The van der Waals surface area contributed by atoms with E-state index < -0.39 is 17.6 Å². The standard InChI is InChI=1S/C14H13BrF3NO/c1-3-7-19(8-4-2)13(20)11-6-5-10(15)9-12(11)14(16,17)18/h1,5-6,9H,4,7-8H2,2H3. The van der Waals surface area contributed by atoms with E-state index in [1.165, 1.54) is 11.0 Å². The van der Waals surface area contributed by atoms with Crippen molar-refractivity contribution in [3.63, 3.8) is 0 Å². The molecule has 0 aliphatic rings. The van der Waals surface area contributed by atoms with Gasteiger partial charge < -0.3 is 4.90 Å². The quantitative estimate of drug-likeness (QED) is 0.755. The fraction of sp³-hybridized carbons (Fsp3) is 0.357. The van der Waals surface area contributed by atoms with Gasteiger partial charge in [-0.15, -0.1) is 6.42 Å². The summed E-state index contributed by atoms with van der Waals surface area (Å²) < 4.78 is 39.2. The van der Waals surface area contributed by atoms with Crippen LogP contribution in [0.25, 0.3) is 0 Å². The number of halogens is 4. The first kappa shape index (κ1) is 16.6. The van der Waals surface area contributed by atoms with Crippen LogP contribution < -0.4 is 0 Å². The summed E-state index contributed by atoms with van der Waals surface area (Å²) in [6.45, 7) is 2.12. The van der Waals surface area contributed by atoms with E-state index in [9.17, 15) is 18.0 Å². The van der Waals surface area contributed by atoms with E-state index in [0.717, 1.165) is 12.1 Å². The second kappa shape index (κ2) is 6.80. The Morgan fingerprint density at radius 2 is 2.10 bits per heavy atom. The third-order valence-electron chi connectivity index (χ3n) is 2.58. The van der Waals surface area contributed by atoms with E-state index >= 15 is 0 Å². The highest BCUT2D eigenvalue weighted by Crippen LogP contribution is 2.34. The van der Waals surface area contributed by atoms with Crippen LogP contribution in [0.1, 0.15) is 29.3 Å². The van der Waals surface area contributed by atoms with Crippen LogP contribution >= 0.6 is 15.9 Å².